The van der Waals surface area contributed by atoms with E-state index in [1.165, 1.54) is 13.0 Å². The van der Waals surface area contributed by atoms with Gasteiger partial charge in [-0.15, -0.1) is 0 Å². The lowest BCUT2D eigenvalue weighted by Gasteiger charge is -2.36. The predicted octanol–water partition coefficient (Wildman–Crippen LogP) is 2.52. The highest BCUT2D eigenvalue weighted by Crippen LogP contribution is 2.29. The first-order valence-electron chi connectivity index (χ1n) is 4.69. The highest BCUT2D eigenvalue weighted by Gasteiger charge is 2.34. The quantitative estimate of drug-likeness (QED) is 0.519. The molecule has 1 saturated heterocycles. The van der Waals surface area contributed by atoms with Crippen molar-refractivity contribution in [2.75, 3.05) is 6.54 Å². The van der Waals surface area contributed by atoms with Gasteiger partial charge in [-0.2, -0.15) is 0 Å². The molecule has 0 amide bonds. The molecule has 0 aliphatic carbocycles. The Morgan fingerprint density at radius 1 is 1.18 bits per heavy atom. The van der Waals surface area contributed by atoms with Gasteiger partial charge >= 0.3 is 0 Å². The van der Waals surface area contributed by atoms with Gasteiger partial charge in [0.2, 0.25) is 0 Å². The van der Waals surface area contributed by atoms with E-state index in [0.717, 1.165) is 12.0 Å². The maximum atomic E-state index is 2.61. The van der Waals surface area contributed by atoms with Gasteiger partial charge in [-0.05, 0) is 46.6 Å². The maximum Gasteiger partial charge on any atom is 0.0127 e. The van der Waals surface area contributed by atoms with Gasteiger partial charge in [0.25, 0.3) is 0 Å². The second-order valence-corrected chi connectivity index (χ2v) is 4.87. The monoisotopic (exact) mass is 155 g/mol. The van der Waals surface area contributed by atoms with E-state index in [1.54, 1.807) is 0 Å². The third-order valence-electron chi connectivity index (χ3n) is 3.00. The highest BCUT2D eigenvalue weighted by atomic mass is 15.2. The molecule has 0 bridgehead atoms. The molecule has 0 saturated carbocycles. The fourth-order valence-corrected chi connectivity index (χ4v) is 2.04. The molecule has 0 spiro atoms. The third-order valence-corrected chi connectivity index (χ3v) is 3.00. The zero-order valence-electron chi connectivity index (χ0n) is 8.52. The van der Waals surface area contributed by atoms with Gasteiger partial charge in [0.1, 0.15) is 0 Å². The van der Waals surface area contributed by atoms with E-state index in [2.05, 4.69) is 39.5 Å². The molecule has 66 valence electrons. The van der Waals surface area contributed by atoms with Gasteiger partial charge in [0.15, 0.2) is 0 Å². The molecule has 1 aliphatic rings. The van der Waals surface area contributed by atoms with Crippen LogP contribution in [0.2, 0.25) is 0 Å². The summed E-state index contributed by atoms with van der Waals surface area (Å²) in [6.45, 7) is 12.9. The molecule has 0 aromatic heterocycles. The lowest BCUT2D eigenvalue weighted by molar-refractivity contribution is 0.120. The molecule has 1 rings (SSSR count). The molecular formula is C10H21N. The normalized spacial score (nSPS) is 34.6. The molecule has 1 nitrogen and oxygen atoms in total. The van der Waals surface area contributed by atoms with Crippen molar-refractivity contribution < 1.29 is 0 Å². The van der Waals surface area contributed by atoms with Crippen LogP contribution < -0.4 is 0 Å². The topological polar surface area (TPSA) is 3.24 Å². The third kappa shape index (κ3) is 1.76. The molecule has 1 aliphatic heterocycles. The smallest absolute Gasteiger partial charge is 0.0127 e. The summed E-state index contributed by atoms with van der Waals surface area (Å²) in [4.78, 5) is 2.61. The summed E-state index contributed by atoms with van der Waals surface area (Å²) in [5.74, 6) is 0.884. The summed E-state index contributed by atoms with van der Waals surface area (Å²) < 4.78 is 0. The van der Waals surface area contributed by atoms with Crippen LogP contribution in [-0.2, 0) is 0 Å². The van der Waals surface area contributed by atoms with Crippen molar-refractivity contribution in [3.63, 3.8) is 0 Å². The number of nitrogens with zero attached hydrogens (tertiary/aromatic N) is 1. The molecule has 2 unspecified atom stereocenters. The predicted molar refractivity (Wildman–Crippen MR) is 49.7 cm³/mol. The molecule has 2 atom stereocenters. The van der Waals surface area contributed by atoms with Crippen molar-refractivity contribution in [2.24, 2.45) is 5.92 Å². The van der Waals surface area contributed by atoms with Crippen LogP contribution in [-0.4, -0.2) is 23.0 Å². The summed E-state index contributed by atoms with van der Waals surface area (Å²) in [6.07, 6.45) is 1.37. The fourth-order valence-electron chi connectivity index (χ4n) is 2.04. The molecule has 0 aromatic rings. The summed E-state index contributed by atoms with van der Waals surface area (Å²) in [6, 6.07) is 0.773. The number of hydrogen-bond donors (Lipinski definition) is 0. The summed E-state index contributed by atoms with van der Waals surface area (Å²) >= 11 is 0. The molecule has 0 radical (unpaired) electrons. The number of rotatable bonds is 0. The van der Waals surface area contributed by atoms with Gasteiger partial charge in [0, 0.05) is 11.6 Å². The van der Waals surface area contributed by atoms with Crippen molar-refractivity contribution in [1.82, 2.24) is 4.90 Å². The molecule has 1 heterocycles. The van der Waals surface area contributed by atoms with Crippen molar-refractivity contribution >= 4 is 0 Å². The van der Waals surface area contributed by atoms with Gasteiger partial charge in [-0.25, -0.2) is 0 Å². The Bertz CT molecular complexity index is 134. The van der Waals surface area contributed by atoms with Crippen molar-refractivity contribution in [3.8, 4) is 0 Å². The Balaban J connectivity index is 2.62. The zero-order chi connectivity index (χ0) is 8.65. The van der Waals surface area contributed by atoms with Crippen LogP contribution in [0.5, 0.6) is 0 Å². The minimum Gasteiger partial charge on any atom is -0.296 e. The first kappa shape index (κ1) is 9.05. The standard InChI is InChI=1S/C10H21N/c1-8-6-7-11(9(8)2)10(3,4)5/h8-9H,6-7H2,1-5H3. The molecule has 0 aromatic carbocycles. The van der Waals surface area contributed by atoms with Crippen LogP contribution in [0.25, 0.3) is 0 Å². The average Bonchev–Trinajstić information content (AvgIpc) is 2.11. The second kappa shape index (κ2) is 2.78. The van der Waals surface area contributed by atoms with Gasteiger partial charge in [-0.3, -0.25) is 4.90 Å². The number of hydrogen-bond acceptors (Lipinski definition) is 1. The minimum absolute atomic E-state index is 0.365. The summed E-state index contributed by atoms with van der Waals surface area (Å²) in [5, 5.41) is 0. The lowest BCUT2D eigenvalue weighted by Crippen LogP contribution is -2.44. The van der Waals surface area contributed by atoms with E-state index in [9.17, 15) is 0 Å². The van der Waals surface area contributed by atoms with Crippen molar-refractivity contribution in [1.29, 1.82) is 0 Å². The summed E-state index contributed by atoms with van der Waals surface area (Å²) in [7, 11) is 0. The van der Waals surface area contributed by atoms with Crippen LogP contribution >= 0.6 is 0 Å². The Morgan fingerprint density at radius 2 is 1.73 bits per heavy atom. The Kier molecular flexibility index (Phi) is 2.29. The maximum absolute atomic E-state index is 2.61. The Labute approximate surface area is 70.8 Å². The SMILES string of the molecule is CC1CCN(C(C)(C)C)C1C. The first-order valence-corrected chi connectivity index (χ1v) is 4.69. The van der Waals surface area contributed by atoms with E-state index in [4.69, 9.17) is 0 Å². The first-order chi connectivity index (χ1) is 4.93. The zero-order valence-corrected chi connectivity index (χ0v) is 8.52. The minimum atomic E-state index is 0.365. The van der Waals surface area contributed by atoms with Crippen molar-refractivity contribution in [2.45, 2.75) is 52.6 Å². The van der Waals surface area contributed by atoms with E-state index in [0.29, 0.717) is 5.54 Å². The fraction of sp³-hybridized carbons (Fsp3) is 1.00. The second-order valence-electron chi connectivity index (χ2n) is 4.87. The lowest BCUT2D eigenvalue weighted by atomic mass is 10.0. The largest absolute Gasteiger partial charge is 0.296 e. The van der Waals surface area contributed by atoms with E-state index in [1.807, 2.05) is 0 Å². The molecule has 1 fully saturated rings. The van der Waals surface area contributed by atoms with E-state index in [-0.39, 0.29) is 0 Å². The van der Waals surface area contributed by atoms with Gasteiger partial charge < -0.3 is 0 Å². The van der Waals surface area contributed by atoms with Crippen LogP contribution in [0, 0.1) is 5.92 Å². The Hall–Kier alpha value is -0.0400. The number of likely N-dealkylation sites (tertiary alicyclic amines) is 1. The van der Waals surface area contributed by atoms with Crippen LogP contribution in [0.4, 0.5) is 0 Å². The van der Waals surface area contributed by atoms with Gasteiger partial charge in [-0.1, -0.05) is 6.92 Å². The van der Waals surface area contributed by atoms with Crippen LogP contribution in [0.1, 0.15) is 41.0 Å². The summed E-state index contributed by atoms with van der Waals surface area (Å²) in [5.41, 5.74) is 0.365. The van der Waals surface area contributed by atoms with Crippen LogP contribution in [0.15, 0.2) is 0 Å². The Morgan fingerprint density at radius 3 is 1.91 bits per heavy atom. The molecular weight excluding hydrogens is 134 g/mol. The van der Waals surface area contributed by atoms with E-state index >= 15 is 0 Å². The highest BCUT2D eigenvalue weighted by molar-refractivity contribution is 4.88. The van der Waals surface area contributed by atoms with Gasteiger partial charge in [0.05, 0.1) is 0 Å². The molecule has 11 heavy (non-hydrogen) atoms. The van der Waals surface area contributed by atoms with Crippen LogP contribution in [0.3, 0.4) is 0 Å². The average molecular weight is 155 g/mol. The van der Waals surface area contributed by atoms with Crippen molar-refractivity contribution in [3.05, 3.63) is 0 Å². The molecule has 1 heteroatoms. The molecule has 0 N–H and O–H groups in total. The van der Waals surface area contributed by atoms with E-state index < -0.39 is 0 Å².